The molecule has 1 fully saturated rings. The van der Waals surface area contributed by atoms with E-state index in [0.29, 0.717) is 23.2 Å². The van der Waals surface area contributed by atoms with E-state index in [-0.39, 0.29) is 6.79 Å². The van der Waals surface area contributed by atoms with Gasteiger partial charge in [0, 0.05) is 0 Å². The standard InChI is InChI=1S/C14H18O4/c1-16-11-6-10(7-12-14(11)18-8-17-12)13(15)9-4-2-3-5-9/h6-7,9,13,15H,2-5,8H2,1H3. The lowest BCUT2D eigenvalue weighted by Gasteiger charge is -2.19. The second kappa shape index (κ2) is 4.69. The van der Waals surface area contributed by atoms with Gasteiger partial charge < -0.3 is 19.3 Å². The van der Waals surface area contributed by atoms with E-state index in [1.54, 1.807) is 7.11 Å². The summed E-state index contributed by atoms with van der Waals surface area (Å²) >= 11 is 0. The molecule has 0 amide bonds. The molecular weight excluding hydrogens is 232 g/mol. The Kier molecular flexibility index (Phi) is 3.04. The van der Waals surface area contributed by atoms with Crippen molar-refractivity contribution in [2.75, 3.05) is 13.9 Å². The predicted octanol–water partition coefficient (Wildman–Crippen LogP) is 2.65. The van der Waals surface area contributed by atoms with E-state index in [2.05, 4.69) is 0 Å². The summed E-state index contributed by atoms with van der Waals surface area (Å²) in [5, 5.41) is 10.4. The first-order chi connectivity index (χ1) is 8.79. The Labute approximate surface area is 106 Å². The van der Waals surface area contributed by atoms with E-state index in [9.17, 15) is 5.11 Å². The van der Waals surface area contributed by atoms with Crippen molar-refractivity contribution in [3.63, 3.8) is 0 Å². The molecule has 0 saturated heterocycles. The van der Waals surface area contributed by atoms with E-state index < -0.39 is 6.10 Å². The van der Waals surface area contributed by atoms with Crippen LogP contribution in [0.2, 0.25) is 0 Å². The van der Waals surface area contributed by atoms with Crippen molar-refractivity contribution in [1.29, 1.82) is 0 Å². The van der Waals surface area contributed by atoms with Crippen LogP contribution in [0.4, 0.5) is 0 Å². The Hall–Kier alpha value is -1.42. The maximum Gasteiger partial charge on any atom is 0.231 e. The molecular formula is C14H18O4. The minimum absolute atomic E-state index is 0.217. The lowest BCUT2D eigenvalue weighted by molar-refractivity contribution is 0.111. The smallest absolute Gasteiger partial charge is 0.231 e. The molecule has 98 valence electrons. The highest BCUT2D eigenvalue weighted by atomic mass is 16.7. The second-order valence-electron chi connectivity index (χ2n) is 4.95. The molecule has 1 aromatic carbocycles. The van der Waals surface area contributed by atoms with Crippen LogP contribution in [0.3, 0.4) is 0 Å². The number of aliphatic hydroxyl groups is 1. The first-order valence-corrected chi connectivity index (χ1v) is 6.45. The van der Waals surface area contributed by atoms with Gasteiger partial charge in [0.2, 0.25) is 12.5 Å². The number of methoxy groups -OCH3 is 1. The summed E-state index contributed by atoms with van der Waals surface area (Å²) in [6.45, 7) is 0.217. The number of fused-ring (bicyclic) bond motifs is 1. The van der Waals surface area contributed by atoms with Gasteiger partial charge in [-0.2, -0.15) is 0 Å². The van der Waals surface area contributed by atoms with Crippen molar-refractivity contribution in [3.05, 3.63) is 17.7 Å². The van der Waals surface area contributed by atoms with Crippen LogP contribution in [-0.2, 0) is 0 Å². The quantitative estimate of drug-likeness (QED) is 0.896. The molecule has 1 atom stereocenters. The average molecular weight is 250 g/mol. The van der Waals surface area contributed by atoms with E-state index >= 15 is 0 Å². The summed E-state index contributed by atoms with van der Waals surface area (Å²) in [6.07, 6.45) is 4.18. The zero-order valence-electron chi connectivity index (χ0n) is 10.5. The van der Waals surface area contributed by atoms with Crippen LogP contribution in [0, 0.1) is 5.92 Å². The lowest BCUT2D eigenvalue weighted by Crippen LogP contribution is -2.09. The fourth-order valence-corrected chi connectivity index (χ4v) is 2.87. The normalized spacial score (nSPS) is 20.1. The largest absolute Gasteiger partial charge is 0.493 e. The van der Waals surface area contributed by atoms with Gasteiger partial charge in [-0.1, -0.05) is 12.8 Å². The maximum atomic E-state index is 10.4. The molecule has 1 aromatic rings. The number of rotatable bonds is 3. The third-order valence-corrected chi connectivity index (χ3v) is 3.87. The van der Waals surface area contributed by atoms with Crippen LogP contribution >= 0.6 is 0 Å². The molecule has 0 radical (unpaired) electrons. The summed E-state index contributed by atoms with van der Waals surface area (Å²) in [5.74, 6) is 2.30. The monoisotopic (exact) mass is 250 g/mol. The number of benzene rings is 1. The predicted molar refractivity (Wildman–Crippen MR) is 66.0 cm³/mol. The second-order valence-corrected chi connectivity index (χ2v) is 4.95. The van der Waals surface area contributed by atoms with Crippen molar-refractivity contribution in [2.45, 2.75) is 31.8 Å². The highest BCUT2D eigenvalue weighted by Gasteiger charge is 2.28. The fraction of sp³-hybridized carbons (Fsp3) is 0.571. The number of hydrogen-bond acceptors (Lipinski definition) is 4. The third-order valence-electron chi connectivity index (χ3n) is 3.87. The Morgan fingerprint density at radius 3 is 2.78 bits per heavy atom. The summed E-state index contributed by atoms with van der Waals surface area (Å²) in [6, 6.07) is 3.73. The SMILES string of the molecule is COc1cc(C(O)C2CCCC2)cc2c1OCO2. The molecule has 18 heavy (non-hydrogen) atoms. The van der Waals surface area contributed by atoms with E-state index in [4.69, 9.17) is 14.2 Å². The Balaban J connectivity index is 1.92. The van der Waals surface area contributed by atoms with Crippen LogP contribution in [0.15, 0.2) is 12.1 Å². The first kappa shape index (κ1) is 11.7. The first-order valence-electron chi connectivity index (χ1n) is 6.45. The zero-order valence-corrected chi connectivity index (χ0v) is 10.5. The van der Waals surface area contributed by atoms with Gasteiger partial charge in [-0.25, -0.2) is 0 Å². The molecule has 4 nitrogen and oxygen atoms in total. The number of aliphatic hydroxyl groups excluding tert-OH is 1. The van der Waals surface area contributed by atoms with Crippen molar-refractivity contribution in [1.82, 2.24) is 0 Å². The van der Waals surface area contributed by atoms with E-state index in [0.717, 1.165) is 18.4 Å². The summed E-state index contributed by atoms with van der Waals surface area (Å²) in [5.41, 5.74) is 0.864. The van der Waals surface area contributed by atoms with E-state index in [1.807, 2.05) is 12.1 Å². The highest BCUT2D eigenvalue weighted by Crippen LogP contribution is 2.45. The highest BCUT2D eigenvalue weighted by molar-refractivity contribution is 5.55. The minimum atomic E-state index is -0.434. The molecule has 2 aliphatic rings. The van der Waals surface area contributed by atoms with Gasteiger partial charge >= 0.3 is 0 Å². The topological polar surface area (TPSA) is 47.9 Å². The summed E-state index contributed by atoms with van der Waals surface area (Å²) in [7, 11) is 1.60. The van der Waals surface area contributed by atoms with Gasteiger partial charge in [0.05, 0.1) is 13.2 Å². The molecule has 0 aromatic heterocycles. The summed E-state index contributed by atoms with van der Waals surface area (Å²) < 4.78 is 16.0. The molecule has 1 saturated carbocycles. The molecule has 1 aliphatic heterocycles. The summed E-state index contributed by atoms with van der Waals surface area (Å²) in [4.78, 5) is 0. The van der Waals surface area contributed by atoms with Crippen molar-refractivity contribution >= 4 is 0 Å². The Morgan fingerprint density at radius 1 is 1.28 bits per heavy atom. The van der Waals surface area contributed by atoms with Gasteiger partial charge in [0.15, 0.2) is 11.5 Å². The molecule has 3 rings (SSSR count). The Bertz CT molecular complexity index is 438. The van der Waals surface area contributed by atoms with Gasteiger partial charge in [-0.3, -0.25) is 0 Å². The van der Waals surface area contributed by atoms with Crippen LogP contribution in [0.1, 0.15) is 37.4 Å². The van der Waals surface area contributed by atoms with Gasteiger partial charge in [0.25, 0.3) is 0 Å². The van der Waals surface area contributed by atoms with Crippen molar-refractivity contribution < 1.29 is 19.3 Å². The Morgan fingerprint density at radius 2 is 2.06 bits per heavy atom. The van der Waals surface area contributed by atoms with Gasteiger partial charge in [-0.05, 0) is 36.5 Å². The molecule has 1 heterocycles. The fourth-order valence-electron chi connectivity index (χ4n) is 2.87. The molecule has 1 unspecified atom stereocenters. The molecule has 0 bridgehead atoms. The molecule has 1 N–H and O–H groups in total. The number of ether oxygens (including phenoxy) is 3. The lowest BCUT2D eigenvalue weighted by atomic mass is 9.94. The number of hydrogen-bond donors (Lipinski definition) is 1. The van der Waals surface area contributed by atoms with Crippen LogP contribution in [-0.4, -0.2) is 19.0 Å². The van der Waals surface area contributed by atoms with Crippen LogP contribution in [0.5, 0.6) is 17.2 Å². The average Bonchev–Trinajstić information content (AvgIpc) is 3.07. The van der Waals surface area contributed by atoms with E-state index in [1.165, 1.54) is 12.8 Å². The molecule has 0 spiro atoms. The zero-order chi connectivity index (χ0) is 12.5. The van der Waals surface area contributed by atoms with Gasteiger partial charge in [-0.15, -0.1) is 0 Å². The van der Waals surface area contributed by atoms with Crippen LogP contribution in [0.25, 0.3) is 0 Å². The van der Waals surface area contributed by atoms with Crippen molar-refractivity contribution in [3.8, 4) is 17.2 Å². The third kappa shape index (κ3) is 1.90. The van der Waals surface area contributed by atoms with Crippen molar-refractivity contribution in [2.24, 2.45) is 5.92 Å². The van der Waals surface area contributed by atoms with Crippen LogP contribution < -0.4 is 14.2 Å². The molecule has 1 aliphatic carbocycles. The molecule has 4 heteroatoms. The van der Waals surface area contributed by atoms with Gasteiger partial charge in [0.1, 0.15) is 0 Å². The maximum absolute atomic E-state index is 10.4. The minimum Gasteiger partial charge on any atom is -0.493 e.